The lowest BCUT2D eigenvalue weighted by Gasteiger charge is -2.05. The Labute approximate surface area is 136 Å². The van der Waals surface area contributed by atoms with Crippen molar-refractivity contribution in [1.82, 2.24) is 15.0 Å². The van der Waals surface area contributed by atoms with Gasteiger partial charge < -0.3 is 15.3 Å². The van der Waals surface area contributed by atoms with Gasteiger partial charge in [-0.3, -0.25) is 10.1 Å². The fraction of sp³-hybridized carbons (Fsp3) is 0.231. The number of aromatic nitrogens is 3. The Morgan fingerprint density at radius 1 is 1.22 bits per heavy atom. The van der Waals surface area contributed by atoms with Crippen LogP contribution >= 0.6 is 11.3 Å². The second-order valence-corrected chi connectivity index (χ2v) is 11.3. The normalized spacial score (nSPS) is 10.7. The molecule has 0 aliphatic carbocycles. The Morgan fingerprint density at radius 3 is 2.39 bits per heavy atom. The second kappa shape index (κ2) is 6.23. The number of carbonyl (C=O) groups excluding carboxylic acids is 1. The summed E-state index contributed by atoms with van der Waals surface area (Å²) >= 11 is 1.16. The first-order chi connectivity index (χ1) is 10.7. The summed E-state index contributed by atoms with van der Waals surface area (Å²) in [6, 6.07) is -0.838. The lowest BCUT2D eigenvalue weighted by molar-refractivity contribution is 0.102. The monoisotopic (exact) mass is 350 g/mol. The highest BCUT2D eigenvalue weighted by atomic mass is 32.1. The molecule has 0 saturated carbocycles. The third-order valence-electron chi connectivity index (χ3n) is 2.37. The van der Waals surface area contributed by atoms with E-state index >= 15 is 0 Å². The average Bonchev–Trinajstić information content (AvgIpc) is 2.82. The summed E-state index contributed by atoms with van der Waals surface area (Å²) < 4.78 is 0. The maximum Gasteiger partial charge on any atom is 0.320 e. The largest absolute Gasteiger partial charge is 0.492 e. The summed E-state index contributed by atoms with van der Waals surface area (Å²) in [5.41, 5.74) is 2.63. The Balaban J connectivity index is 2.19. The molecule has 2 heterocycles. The van der Waals surface area contributed by atoms with Crippen molar-refractivity contribution in [2.24, 2.45) is 0 Å². The van der Waals surface area contributed by atoms with Gasteiger partial charge in [-0.15, -0.1) is 5.54 Å². The van der Waals surface area contributed by atoms with Crippen molar-refractivity contribution < 1.29 is 20.1 Å². The van der Waals surface area contributed by atoms with Crippen LogP contribution in [0.25, 0.3) is 0 Å². The topological polar surface area (TPSA) is 128 Å². The van der Waals surface area contributed by atoms with Gasteiger partial charge in [0.05, 0.1) is 11.1 Å². The van der Waals surface area contributed by atoms with Crippen molar-refractivity contribution in [2.75, 3.05) is 5.32 Å². The average molecular weight is 350 g/mol. The minimum absolute atomic E-state index is 0.252. The van der Waals surface area contributed by atoms with Crippen molar-refractivity contribution in [3.8, 4) is 29.2 Å². The van der Waals surface area contributed by atoms with E-state index in [9.17, 15) is 15.0 Å². The maximum absolute atomic E-state index is 12.0. The van der Waals surface area contributed by atoms with E-state index in [1.165, 1.54) is 6.20 Å². The van der Waals surface area contributed by atoms with Crippen LogP contribution in [0.1, 0.15) is 15.2 Å². The van der Waals surface area contributed by atoms with Gasteiger partial charge in [-0.1, -0.05) is 36.9 Å². The number of carbonyl (C=O) groups is 1. The predicted molar refractivity (Wildman–Crippen MR) is 87.3 cm³/mol. The van der Waals surface area contributed by atoms with E-state index in [1.807, 2.05) is 0 Å². The van der Waals surface area contributed by atoms with Crippen LogP contribution in [0.2, 0.25) is 19.6 Å². The van der Waals surface area contributed by atoms with Gasteiger partial charge >= 0.3 is 6.01 Å². The molecule has 0 saturated heterocycles. The third kappa shape index (κ3) is 4.41. The molecule has 23 heavy (non-hydrogen) atoms. The number of rotatable bonds is 2. The molecule has 4 N–H and O–H groups in total. The van der Waals surface area contributed by atoms with E-state index in [-0.39, 0.29) is 5.13 Å². The summed E-state index contributed by atoms with van der Waals surface area (Å²) in [6.45, 7) is 6.33. The quantitative estimate of drug-likeness (QED) is 0.477. The Hall–Kier alpha value is -2.64. The van der Waals surface area contributed by atoms with E-state index in [0.29, 0.717) is 4.88 Å². The SMILES string of the molecule is C[Si](C)(C)C#Cc1cnc(NC(=O)c2c(O)nc(O)nc2O)s1. The summed E-state index contributed by atoms with van der Waals surface area (Å²) in [5, 5.41) is 30.7. The van der Waals surface area contributed by atoms with Crippen molar-refractivity contribution in [2.45, 2.75) is 19.6 Å². The zero-order valence-corrected chi connectivity index (χ0v) is 14.4. The van der Waals surface area contributed by atoms with Gasteiger partial charge in [-0.25, -0.2) is 4.98 Å². The van der Waals surface area contributed by atoms with Crippen LogP contribution in [-0.2, 0) is 0 Å². The molecule has 0 spiro atoms. The summed E-state index contributed by atoms with van der Waals surface area (Å²) in [6.07, 6.45) is 1.53. The van der Waals surface area contributed by atoms with Crippen LogP contribution in [0.3, 0.4) is 0 Å². The predicted octanol–water partition coefficient (Wildman–Crippen LogP) is 1.53. The Bertz CT molecular complexity index is 796. The van der Waals surface area contributed by atoms with Crippen molar-refractivity contribution in [3.63, 3.8) is 0 Å². The molecular formula is C13H14N4O4SSi. The minimum atomic E-state index is -1.51. The van der Waals surface area contributed by atoms with Gasteiger partial charge in [0.15, 0.2) is 10.7 Å². The fourth-order valence-corrected chi connectivity index (χ4v) is 2.69. The fourth-order valence-electron chi connectivity index (χ4n) is 1.43. The van der Waals surface area contributed by atoms with E-state index < -0.39 is 37.3 Å². The highest BCUT2D eigenvalue weighted by Crippen LogP contribution is 2.27. The molecular weight excluding hydrogens is 336 g/mol. The van der Waals surface area contributed by atoms with Crippen LogP contribution < -0.4 is 5.32 Å². The molecule has 2 aromatic heterocycles. The molecule has 0 bridgehead atoms. The van der Waals surface area contributed by atoms with E-state index in [0.717, 1.165) is 11.3 Å². The van der Waals surface area contributed by atoms with Gasteiger partial charge in [0.2, 0.25) is 11.8 Å². The highest BCUT2D eigenvalue weighted by Gasteiger charge is 2.21. The van der Waals surface area contributed by atoms with Gasteiger partial charge in [0.1, 0.15) is 8.07 Å². The van der Waals surface area contributed by atoms with Crippen LogP contribution in [0.15, 0.2) is 6.20 Å². The van der Waals surface area contributed by atoms with E-state index in [4.69, 9.17) is 5.11 Å². The van der Waals surface area contributed by atoms with Crippen molar-refractivity contribution in [1.29, 1.82) is 0 Å². The minimum Gasteiger partial charge on any atom is -0.492 e. The molecule has 0 atom stereocenters. The number of hydrogen-bond acceptors (Lipinski definition) is 8. The number of nitrogens with one attached hydrogen (secondary N) is 1. The van der Waals surface area contributed by atoms with Gasteiger partial charge in [0, 0.05) is 0 Å². The molecule has 0 aliphatic heterocycles. The number of amides is 1. The zero-order valence-electron chi connectivity index (χ0n) is 12.6. The van der Waals surface area contributed by atoms with Crippen LogP contribution in [0.5, 0.6) is 17.8 Å². The van der Waals surface area contributed by atoms with Crippen LogP contribution in [0, 0.1) is 11.5 Å². The molecule has 2 rings (SSSR count). The molecule has 0 unspecified atom stereocenters. The smallest absolute Gasteiger partial charge is 0.320 e. The number of hydrogen-bond donors (Lipinski definition) is 4. The molecule has 1 amide bonds. The summed E-state index contributed by atoms with van der Waals surface area (Å²) in [7, 11) is -1.51. The van der Waals surface area contributed by atoms with Gasteiger partial charge in [0.25, 0.3) is 5.91 Å². The second-order valence-electron chi connectivity index (χ2n) is 5.53. The Kier molecular flexibility index (Phi) is 4.53. The zero-order chi connectivity index (χ0) is 17.2. The first kappa shape index (κ1) is 16.7. The molecule has 120 valence electrons. The molecule has 0 fully saturated rings. The Morgan fingerprint density at radius 2 is 1.83 bits per heavy atom. The maximum atomic E-state index is 12.0. The molecule has 10 heteroatoms. The number of nitrogens with zero attached hydrogens (tertiary/aromatic N) is 3. The van der Waals surface area contributed by atoms with E-state index in [2.05, 4.69) is 51.4 Å². The van der Waals surface area contributed by atoms with Gasteiger partial charge in [-0.05, 0) is 0 Å². The van der Waals surface area contributed by atoms with E-state index in [1.54, 1.807) is 0 Å². The van der Waals surface area contributed by atoms with Crippen molar-refractivity contribution in [3.05, 3.63) is 16.6 Å². The summed E-state index contributed by atoms with van der Waals surface area (Å²) in [5.74, 6) is 0.499. The van der Waals surface area contributed by atoms with Crippen LogP contribution in [-0.4, -0.2) is 44.3 Å². The third-order valence-corrected chi connectivity index (χ3v) is 4.08. The molecule has 8 nitrogen and oxygen atoms in total. The number of thiazole rings is 1. The lowest BCUT2D eigenvalue weighted by atomic mass is 10.3. The molecule has 0 aromatic carbocycles. The standard InChI is InChI=1S/C13H14N4O4SSi/c1-23(2,3)5-4-7-6-14-13(22-7)17-11(20)8-9(18)15-12(21)16-10(8)19/h6H,1-3H3,(H,14,17,20)(H3,15,16,18,19,21). The molecule has 0 aliphatic rings. The van der Waals surface area contributed by atoms with Gasteiger partial charge in [-0.2, -0.15) is 9.97 Å². The van der Waals surface area contributed by atoms with Crippen molar-refractivity contribution >= 4 is 30.4 Å². The van der Waals surface area contributed by atoms with Crippen LogP contribution in [0.4, 0.5) is 5.13 Å². The molecule has 2 aromatic rings. The first-order valence-corrected chi connectivity index (χ1v) is 10.8. The number of aromatic hydroxyl groups is 3. The molecule has 0 radical (unpaired) electrons. The summed E-state index contributed by atoms with van der Waals surface area (Å²) in [4.78, 5) is 23.1. The number of anilines is 1. The highest BCUT2D eigenvalue weighted by molar-refractivity contribution is 7.16. The first-order valence-electron chi connectivity index (χ1n) is 6.45. The lowest BCUT2D eigenvalue weighted by Crippen LogP contribution is -2.16.